The standard InChI is InChI=1S/C26H21Cl2N3O6S/c1-3-37-25-19(27)9-6-10-21(25)29-26(33)18-11-15-7-4-5-8-17(15)23(24(18)32)31-30-16-12-20(28)14(2)22(13-16)38(34,35)36/h4-13,32H,3H2,1-2H3,(H,29,33)(H,34,35,36). The van der Waals surface area contributed by atoms with Crippen molar-refractivity contribution in [2.24, 2.45) is 10.2 Å². The summed E-state index contributed by atoms with van der Waals surface area (Å²) in [6.07, 6.45) is 0. The Bertz CT molecular complexity index is 1710. The molecular formula is C26H21Cl2N3O6S. The lowest BCUT2D eigenvalue weighted by atomic mass is 10.0. The number of nitrogens with one attached hydrogen (secondary N) is 1. The van der Waals surface area contributed by atoms with Gasteiger partial charge in [-0.05, 0) is 55.1 Å². The van der Waals surface area contributed by atoms with Gasteiger partial charge in [-0.15, -0.1) is 5.11 Å². The smallest absolute Gasteiger partial charge is 0.294 e. The number of amides is 1. The molecule has 4 aromatic rings. The first kappa shape index (κ1) is 27.3. The summed E-state index contributed by atoms with van der Waals surface area (Å²) in [7, 11) is -4.57. The molecule has 0 unspecified atom stereocenters. The number of fused-ring (bicyclic) bond motifs is 1. The first-order chi connectivity index (χ1) is 18.0. The summed E-state index contributed by atoms with van der Waals surface area (Å²) in [5.41, 5.74) is 0.335. The normalized spacial score (nSPS) is 11.7. The summed E-state index contributed by atoms with van der Waals surface area (Å²) in [6.45, 7) is 3.53. The predicted molar refractivity (Wildman–Crippen MR) is 146 cm³/mol. The van der Waals surface area contributed by atoms with E-state index in [1.165, 1.54) is 19.1 Å². The molecule has 0 atom stereocenters. The van der Waals surface area contributed by atoms with Gasteiger partial charge in [0.1, 0.15) is 10.6 Å². The van der Waals surface area contributed by atoms with Gasteiger partial charge in [0.25, 0.3) is 16.0 Å². The zero-order chi connectivity index (χ0) is 27.6. The fourth-order valence-corrected chi connectivity index (χ4v) is 5.02. The quantitative estimate of drug-likeness (QED) is 0.155. The number of ether oxygens (including phenoxy) is 1. The first-order valence-corrected chi connectivity index (χ1v) is 13.4. The largest absolute Gasteiger partial charge is 0.505 e. The molecule has 0 aliphatic rings. The molecule has 0 aliphatic carbocycles. The van der Waals surface area contributed by atoms with Gasteiger partial charge in [-0.2, -0.15) is 13.5 Å². The number of azo groups is 1. The van der Waals surface area contributed by atoms with E-state index in [0.29, 0.717) is 28.1 Å². The summed E-state index contributed by atoms with van der Waals surface area (Å²) < 4.78 is 38.6. The maximum absolute atomic E-state index is 13.3. The number of phenols is 1. The van der Waals surface area contributed by atoms with Gasteiger partial charge in [0, 0.05) is 10.4 Å². The van der Waals surface area contributed by atoms with Crippen molar-refractivity contribution in [3.8, 4) is 11.5 Å². The van der Waals surface area contributed by atoms with E-state index in [1.54, 1.807) is 49.4 Å². The minimum absolute atomic E-state index is 0.00634. The molecule has 0 saturated carbocycles. The van der Waals surface area contributed by atoms with Gasteiger partial charge < -0.3 is 15.2 Å². The number of carbonyl (C=O) groups is 1. The van der Waals surface area contributed by atoms with Crippen LogP contribution < -0.4 is 10.1 Å². The van der Waals surface area contributed by atoms with Crippen LogP contribution in [0.25, 0.3) is 10.8 Å². The highest BCUT2D eigenvalue weighted by Gasteiger charge is 2.21. The van der Waals surface area contributed by atoms with Crippen molar-refractivity contribution in [1.82, 2.24) is 0 Å². The molecule has 0 bridgehead atoms. The molecule has 12 heteroatoms. The van der Waals surface area contributed by atoms with Gasteiger partial charge in [-0.3, -0.25) is 9.35 Å². The third-order valence-corrected chi connectivity index (χ3v) is 7.24. The number of benzene rings is 4. The number of rotatable bonds is 7. The topological polar surface area (TPSA) is 138 Å². The maximum atomic E-state index is 13.3. The number of para-hydroxylation sites is 1. The number of nitrogens with zero attached hydrogens (tertiary/aromatic N) is 2. The Hall–Kier alpha value is -3.70. The van der Waals surface area contributed by atoms with E-state index in [1.807, 2.05) is 0 Å². The fourth-order valence-electron chi connectivity index (χ4n) is 3.75. The second-order valence-electron chi connectivity index (χ2n) is 8.07. The highest BCUT2D eigenvalue weighted by atomic mass is 35.5. The Kier molecular flexibility index (Phi) is 7.89. The van der Waals surface area contributed by atoms with Crippen molar-refractivity contribution < 1.29 is 27.6 Å². The molecule has 4 aromatic carbocycles. The van der Waals surface area contributed by atoms with Crippen LogP contribution in [0.4, 0.5) is 17.1 Å². The van der Waals surface area contributed by atoms with Crippen LogP contribution in [0, 0.1) is 6.92 Å². The van der Waals surface area contributed by atoms with E-state index in [-0.39, 0.29) is 33.3 Å². The minimum Gasteiger partial charge on any atom is -0.505 e. The number of aromatic hydroxyl groups is 1. The van der Waals surface area contributed by atoms with Crippen molar-refractivity contribution in [3.05, 3.63) is 81.8 Å². The molecule has 0 heterocycles. The van der Waals surface area contributed by atoms with Crippen LogP contribution in [0.5, 0.6) is 11.5 Å². The zero-order valence-electron chi connectivity index (χ0n) is 20.1. The summed E-state index contributed by atoms with van der Waals surface area (Å²) >= 11 is 12.3. The van der Waals surface area contributed by atoms with Crippen molar-refractivity contribution >= 4 is 67.1 Å². The molecule has 38 heavy (non-hydrogen) atoms. The number of anilines is 1. The summed E-state index contributed by atoms with van der Waals surface area (Å²) in [4.78, 5) is 12.8. The van der Waals surface area contributed by atoms with Crippen LogP contribution in [0.3, 0.4) is 0 Å². The van der Waals surface area contributed by atoms with Gasteiger partial charge >= 0.3 is 0 Å². The van der Waals surface area contributed by atoms with E-state index in [0.717, 1.165) is 6.07 Å². The highest BCUT2D eigenvalue weighted by Crippen LogP contribution is 2.41. The molecule has 0 aromatic heterocycles. The third-order valence-electron chi connectivity index (χ3n) is 5.57. The molecule has 3 N–H and O–H groups in total. The van der Waals surface area contributed by atoms with E-state index in [2.05, 4.69) is 15.5 Å². The zero-order valence-corrected chi connectivity index (χ0v) is 22.4. The van der Waals surface area contributed by atoms with Crippen LogP contribution in [0.15, 0.2) is 75.8 Å². The van der Waals surface area contributed by atoms with Crippen molar-refractivity contribution in [3.63, 3.8) is 0 Å². The van der Waals surface area contributed by atoms with E-state index in [9.17, 15) is 22.9 Å². The lowest BCUT2D eigenvalue weighted by molar-refractivity contribution is 0.102. The number of phenolic OH excluding ortho intramolecular Hbond substituents is 1. The highest BCUT2D eigenvalue weighted by molar-refractivity contribution is 7.85. The third kappa shape index (κ3) is 5.58. The second-order valence-corrected chi connectivity index (χ2v) is 10.3. The second kappa shape index (κ2) is 11.0. The number of hydrogen-bond acceptors (Lipinski definition) is 7. The average Bonchev–Trinajstić information content (AvgIpc) is 2.86. The fraction of sp³-hybridized carbons (Fsp3) is 0.115. The van der Waals surface area contributed by atoms with Crippen molar-refractivity contribution in [2.75, 3.05) is 11.9 Å². The van der Waals surface area contributed by atoms with Crippen LogP contribution in [0.1, 0.15) is 22.8 Å². The lowest BCUT2D eigenvalue weighted by Gasteiger charge is -2.14. The number of halogens is 2. The number of hydrogen-bond donors (Lipinski definition) is 3. The molecule has 0 radical (unpaired) electrons. The average molecular weight is 574 g/mol. The Balaban J connectivity index is 1.80. The monoisotopic (exact) mass is 573 g/mol. The Morgan fingerprint density at radius 2 is 1.76 bits per heavy atom. The molecule has 9 nitrogen and oxygen atoms in total. The maximum Gasteiger partial charge on any atom is 0.294 e. The minimum atomic E-state index is -4.57. The van der Waals surface area contributed by atoms with E-state index in [4.69, 9.17) is 27.9 Å². The molecule has 0 saturated heterocycles. The Morgan fingerprint density at radius 1 is 1.03 bits per heavy atom. The molecule has 4 rings (SSSR count). The van der Waals surface area contributed by atoms with Crippen LogP contribution in [0.2, 0.25) is 10.0 Å². The van der Waals surface area contributed by atoms with Gasteiger partial charge in [0.15, 0.2) is 11.5 Å². The van der Waals surface area contributed by atoms with Gasteiger partial charge in [0.2, 0.25) is 0 Å². The lowest BCUT2D eigenvalue weighted by Crippen LogP contribution is -2.13. The van der Waals surface area contributed by atoms with Gasteiger partial charge in [-0.25, -0.2) is 0 Å². The summed E-state index contributed by atoms with van der Waals surface area (Å²) in [5.74, 6) is -0.825. The summed E-state index contributed by atoms with van der Waals surface area (Å²) in [5, 5.41) is 23.4. The Morgan fingerprint density at radius 3 is 2.47 bits per heavy atom. The molecular weight excluding hydrogens is 553 g/mol. The summed E-state index contributed by atoms with van der Waals surface area (Å²) in [6, 6.07) is 15.7. The van der Waals surface area contributed by atoms with E-state index >= 15 is 0 Å². The number of carbonyl (C=O) groups excluding carboxylic acids is 1. The van der Waals surface area contributed by atoms with Gasteiger partial charge in [-0.1, -0.05) is 53.5 Å². The molecule has 196 valence electrons. The van der Waals surface area contributed by atoms with Crippen LogP contribution in [-0.2, 0) is 10.1 Å². The SMILES string of the molecule is CCOc1c(Cl)cccc1NC(=O)c1cc2ccccc2c(N=Nc2cc(Cl)c(C)c(S(=O)(=O)O)c2)c1O. The van der Waals surface area contributed by atoms with Crippen molar-refractivity contribution in [1.29, 1.82) is 0 Å². The van der Waals surface area contributed by atoms with E-state index < -0.39 is 26.7 Å². The Labute approximate surface area is 228 Å². The predicted octanol–water partition coefficient (Wildman–Crippen LogP) is 7.47. The van der Waals surface area contributed by atoms with Crippen LogP contribution >= 0.6 is 23.2 Å². The first-order valence-electron chi connectivity index (χ1n) is 11.2. The van der Waals surface area contributed by atoms with Crippen LogP contribution in [-0.4, -0.2) is 30.6 Å². The van der Waals surface area contributed by atoms with Crippen molar-refractivity contribution in [2.45, 2.75) is 18.7 Å². The van der Waals surface area contributed by atoms with Gasteiger partial charge in [0.05, 0.1) is 28.6 Å². The molecule has 0 fully saturated rings. The molecule has 0 aliphatic heterocycles. The molecule has 1 amide bonds. The molecule has 0 spiro atoms.